The van der Waals surface area contributed by atoms with Crippen LogP contribution in [0.4, 0.5) is 0 Å². The van der Waals surface area contributed by atoms with Crippen molar-refractivity contribution in [1.29, 1.82) is 0 Å². The quantitative estimate of drug-likeness (QED) is 0.843. The Morgan fingerprint density at radius 2 is 1.70 bits per heavy atom. The lowest BCUT2D eigenvalue weighted by Gasteiger charge is -2.11. The fraction of sp³-hybridized carbons (Fsp3) is 0.0769. The van der Waals surface area contributed by atoms with Gasteiger partial charge in [-0.05, 0) is 12.1 Å². The third kappa shape index (κ3) is 2.98. The largest absolute Gasteiger partial charge is 0.481 e. The Morgan fingerprint density at radius 3 is 2.35 bits per heavy atom. The third-order valence-electron chi connectivity index (χ3n) is 2.65. The highest BCUT2D eigenvalue weighted by Crippen LogP contribution is 2.38. The fourth-order valence-electron chi connectivity index (χ4n) is 1.79. The van der Waals surface area contributed by atoms with Gasteiger partial charge in [0.25, 0.3) is 0 Å². The Labute approximate surface area is 128 Å². The Bertz CT molecular complexity index is 740. The molecule has 2 rings (SSSR count). The minimum atomic E-state index is -1.07. The molecule has 0 saturated carbocycles. The first-order valence-electron chi connectivity index (χ1n) is 5.48. The molecule has 0 aliphatic rings. The number of H-pyrrole nitrogens is 1. The van der Waals surface area contributed by atoms with E-state index in [1.807, 2.05) is 0 Å². The van der Waals surface area contributed by atoms with Crippen LogP contribution in [-0.4, -0.2) is 16.1 Å². The predicted octanol–water partition coefficient (Wildman–Crippen LogP) is 3.63. The van der Waals surface area contributed by atoms with Crippen LogP contribution in [0.1, 0.15) is 5.69 Å². The molecule has 2 N–H and O–H groups in total. The maximum atomic E-state index is 11.3. The van der Waals surface area contributed by atoms with E-state index >= 15 is 0 Å². The minimum Gasteiger partial charge on any atom is -0.481 e. The van der Waals surface area contributed by atoms with Gasteiger partial charge in [-0.1, -0.05) is 40.9 Å². The van der Waals surface area contributed by atoms with Crippen molar-refractivity contribution >= 4 is 40.8 Å². The van der Waals surface area contributed by atoms with E-state index in [-0.39, 0.29) is 27.7 Å². The number of benzene rings is 1. The zero-order valence-corrected chi connectivity index (χ0v) is 12.2. The lowest BCUT2D eigenvalue weighted by molar-refractivity contribution is -0.136. The summed E-state index contributed by atoms with van der Waals surface area (Å²) in [6.45, 7) is 0. The maximum absolute atomic E-state index is 11.3. The number of hydrogen-bond acceptors (Lipinski definition) is 2. The third-order valence-corrected chi connectivity index (χ3v) is 3.95. The molecule has 1 aromatic carbocycles. The van der Waals surface area contributed by atoms with Crippen molar-refractivity contribution in [2.45, 2.75) is 6.42 Å². The highest BCUT2D eigenvalue weighted by Gasteiger charge is 2.15. The van der Waals surface area contributed by atoms with Crippen LogP contribution < -0.4 is 5.56 Å². The summed E-state index contributed by atoms with van der Waals surface area (Å²) in [5, 5.41) is 9.58. The summed E-state index contributed by atoms with van der Waals surface area (Å²) >= 11 is 17.9. The molecule has 0 amide bonds. The summed E-state index contributed by atoms with van der Waals surface area (Å²) in [6, 6.07) is 5.97. The lowest BCUT2D eigenvalue weighted by Crippen LogP contribution is -2.12. The van der Waals surface area contributed by atoms with Crippen molar-refractivity contribution in [1.82, 2.24) is 4.98 Å². The molecule has 0 saturated heterocycles. The summed E-state index contributed by atoms with van der Waals surface area (Å²) in [4.78, 5) is 24.7. The lowest BCUT2D eigenvalue weighted by atomic mass is 10.0. The molecule has 1 heterocycles. The first-order chi connectivity index (χ1) is 9.40. The highest BCUT2D eigenvalue weighted by atomic mass is 35.5. The number of carboxylic acid groups (broad SMARTS) is 1. The number of aromatic amines is 1. The molecule has 0 atom stereocenters. The van der Waals surface area contributed by atoms with Crippen molar-refractivity contribution < 1.29 is 9.90 Å². The average Bonchev–Trinajstić information content (AvgIpc) is 2.37. The second-order valence-electron chi connectivity index (χ2n) is 4.01. The zero-order valence-electron chi connectivity index (χ0n) is 9.91. The number of hydrogen-bond donors (Lipinski definition) is 2. The van der Waals surface area contributed by atoms with Gasteiger partial charge in [-0.2, -0.15) is 0 Å². The van der Waals surface area contributed by atoms with E-state index in [1.54, 1.807) is 12.1 Å². The Kier molecular flexibility index (Phi) is 4.38. The van der Waals surface area contributed by atoms with Gasteiger partial charge in [0.1, 0.15) is 0 Å². The normalized spacial score (nSPS) is 10.6. The monoisotopic (exact) mass is 331 g/mol. The van der Waals surface area contributed by atoms with E-state index in [0.717, 1.165) is 0 Å². The molecule has 0 aliphatic heterocycles. The van der Waals surface area contributed by atoms with Gasteiger partial charge in [0.2, 0.25) is 5.56 Å². The molecule has 2 aromatic rings. The molecular weight excluding hydrogens is 325 g/mol. The van der Waals surface area contributed by atoms with Crippen LogP contribution in [0.25, 0.3) is 11.1 Å². The standard InChI is InChI=1S/C13H8Cl3NO3/c14-8-3-1-7(12(15)13(8)16)6-2-4-10(18)17-9(6)5-11(19)20/h1-4H,5H2,(H,17,18)(H,19,20). The molecule has 0 radical (unpaired) electrons. The molecule has 7 heteroatoms. The van der Waals surface area contributed by atoms with Crippen LogP contribution in [0.5, 0.6) is 0 Å². The van der Waals surface area contributed by atoms with E-state index in [0.29, 0.717) is 16.1 Å². The van der Waals surface area contributed by atoms with Crippen LogP contribution in [0.15, 0.2) is 29.1 Å². The zero-order chi connectivity index (χ0) is 14.9. The average molecular weight is 333 g/mol. The summed E-state index contributed by atoms with van der Waals surface area (Å²) in [5.74, 6) is -1.07. The van der Waals surface area contributed by atoms with E-state index < -0.39 is 5.97 Å². The first kappa shape index (κ1) is 14.9. The van der Waals surface area contributed by atoms with Gasteiger partial charge in [0.15, 0.2) is 0 Å². The molecule has 20 heavy (non-hydrogen) atoms. The van der Waals surface area contributed by atoms with E-state index in [1.165, 1.54) is 12.1 Å². The molecule has 0 aliphatic carbocycles. The second-order valence-corrected chi connectivity index (χ2v) is 5.17. The number of nitrogens with one attached hydrogen (secondary N) is 1. The van der Waals surface area contributed by atoms with Crippen molar-refractivity contribution in [2.24, 2.45) is 0 Å². The van der Waals surface area contributed by atoms with E-state index in [9.17, 15) is 9.59 Å². The second kappa shape index (κ2) is 5.87. The number of halogens is 3. The van der Waals surface area contributed by atoms with Gasteiger partial charge in [-0.15, -0.1) is 0 Å². The van der Waals surface area contributed by atoms with Crippen LogP contribution in [0.3, 0.4) is 0 Å². The molecular formula is C13H8Cl3NO3. The number of aromatic nitrogens is 1. The smallest absolute Gasteiger partial charge is 0.309 e. The molecule has 4 nitrogen and oxygen atoms in total. The van der Waals surface area contributed by atoms with Gasteiger partial charge in [0, 0.05) is 22.9 Å². The summed E-state index contributed by atoms with van der Waals surface area (Å²) in [5.41, 5.74) is 0.871. The maximum Gasteiger partial charge on any atom is 0.309 e. The van der Waals surface area contributed by atoms with Crippen LogP contribution in [0, 0.1) is 0 Å². The fourth-order valence-corrected chi connectivity index (χ4v) is 2.43. The van der Waals surface area contributed by atoms with Crippen molar-refractivity contribution in [3.63, 3.8) is 0 Å². The Hall–Kier alpha value is -1.49. The van der Waals surface area contributed by atoms with Crippen LogP contribution in [-0.2, 0) is 11.2 Å². The number of aliphatic carboxylic acids is 1. The number of rotatable bonds is 3. The Balaban J connectivity index is 2.66. The number of carbonyl (C=O) groups is 1. The summed E-state index contributed by atoms with van der Waals surface area (Å²) in [6.07, 6.45) is -0.331. The Morgan fingerprint density at radius 1 is 1.05 bits per heavy atom. The van der Waals surface area contributed by atoms with Crippen LogP contribution >= 0.6 is 34.8 Å². The van der Waals surface area contributed by atoms with Crippen molar-refractivity contribution in [3.05, 3.63) is 55.4 Å². The molecule has 0 unspecified atom stereocenters. The van der Waals surface area contributed by atoms with Gasteiger partial charge >= 0.3 is 5.97 Å². The number of carboxylic acids is 1. The van der Waals surface area contributed by atoms with Gasteiger partial charge in [-0.3, -0.25) is 9.59 Å². The summed E-state index contributed by atoms with van der Waals surface area (Å²) in [7, 11) is 0. The minimum absolute atomic E-state index is 0.179. The topological polar surface area (TPSA) is 70.2 Å². The predicted molar refractivity (Wildman–Crippen MR) is 78.9 cm³/mol. The first-order valence-corrected chi connectivity index (χ1v) is 6.61. The summed E-state index contributed by atoms with van der Waals surface area (Å²) < 4.78 is 0. The highest BCUT2D eigenvalue weighted by molar-refractivity contribution is 6.49. The van der Waals surface area contributed by atoms with E-state index in [2.05, 4.69) is 4.98 Å². The molecule has 0 fully saturated rings. The van der Waals surface area contributed by atoms with Gasteiger partial charge in [-0.25, -0.2) is 0 Å². The molecule has 0 bridgehead atoms. The molecule has 104 valence electrons. The van der Waals surface area contributed by atoms with Crippen LogP contribution in [0.2, 0.25) is 15.1 Å². The van der Waals surface area contributed by atoms with Crippen molar-refractivity contribution in [2.75, 3.05) is 0 Å². The SMILES string of the molecule is O=C(O)Cc1[nH]c(=O)ccc1-c1ccc(Cl)c(Cl)c1Cl. The van der Waals surface area contributed by atoms with Crippen molar-refractivity contribution in [3.8, 4) is 11.1 Å². The van der Waals surface area contributed by atoms with Gasteiger partial charge < -0.3 is 10.1 Å². The molecule has 0 spiro atoms. The van der Waals surface area contributed by atoms with Gasteiger partial charge in [0.05, 0.1) is 21.5 Å². The molecule has 1 aromatic heterocycles. The number of pyridine rings is 1. The van der Waals surface area contributed by atoms with E-state index in [4.69, 9.17) is 39.9 Å².